The summed E-state index contributed by atoms with van der Waals surface area (Å²) in [6, 6.07) is 14.3. The summed E-state index contributed by atoms with van der Waals surface area (Å²) in [6.07, 6.45) is 2.08. The Morgan fingerprint density at radius 1 is 1.08 bits per heavy atom. The van der Waals surface area contributed by atoms with E-state index in [-0.39, 0.29) is 17.9 Å². The summed E-state index contributed by atoms with van der Waals surface area (Å²) in [5.41, 5.74) is 1.49. The van der Waals surface area contributed by atoms with Crippen LogP contribution in [0.15, 0.2) is 48.5 Å². The van der Waals surface area contributed by atoms with Crippen LogP contribution >= 0.6 is 22.6 Å². The van der Waals surface area contributed by atoms with Gasteiger partial charge in [-0.15, -0.1) is 0 Å². The second-order valence-corrected chi connectivity index (χ2v) is 7.10. The van der Waals surface area contributed by atoms with Crippen LogP contribution < -0.4 is 10.6 Å². The Labute approximate surface area is 160 Å². The topological polar surface area (TPSA) is 67.4 Å². The molecule has 1 aliphatic heterocycles. The van der Waals surface area contributed by atoms with Gasteiger partial charge < -0.3 is 15.4 Å². The number of carbonyl (C=O) groups excluding carboxylic acids is 2. The van der Waals surface area contributed by atoms with Crippen LogP contribution in [0.4, 0.5) is 5.69 Å². The SMILES string of the molecule is O=C(Nc1ccccc1C(=O)NCC1CCCO1)c1ccc(I)cc1. The molecule has 0 spiro atoms. The molecule has 0 radical (unpaired) electrons. The number of rotatable bonds is 5. The first kappa shape index (κ1) is 17.9. The van der Waals surface area contributed by atoms with Crippen molar-refractivity contribution in [3.05, 3.63) is 63.2 Å². The van der Waals surface area contributed by atoms with Crippen molar-refractivity contribution in [1.82, 2.24) is 5.32 Å². The zero-order valence-electron chi connectivity index (χ0n) is 13.6. The van der Waals surface area contributed by atoms with Gasteiger partial charge in [0.2, 0.25) is 0 Å². The van der Waals surface area contributed by atoms with Gasteiger partial charge in [0.25, 0.3) is 11.8 Å². The molecule has 25 heavy (non-hydrogen) atoms. The van der Waals surface area contributed by atoms with Crippen LogP contribution in [0, 0.1) is 3.57 Å². The second-order valence-electron chi connectivity index (χ2n) is 5.85. The highest BCUT2D eigenvalue weighted by Crippen LogP contribution is 2.17. The normalized spacial score (nSPS) is 16.4. The van der Waals surface area contributed by atoms with Crippen molar-refractivity contribution in [1.29, 1.82) is 0 Å². The Balaban J connectivity index is 1.68. The van der Waals surface area contributed by atoms with E-state index in [0.717, 1.165) is 23.0 Å². The average Bonchev–Trinajstić information content (AvgIpc) is 3.14. The molecule has 3 rings (SSSR count). The third-order valence-electron chi connectivity index (χ3n) is 4.04. The molecule has 1 fully saturated rings. The van der Waals surface area contributed by atoms with E-state index in [9.17, 15) is 9.59 Å². The fourth-order valence-electron chi connectivity index (χ4n) is 2.69. The standard InChI is InChI=1S/C19H19IN2O3/c20-14-9-7-13(8-10-14)18(23)22-17-6-2-1-5-16(17)19(24)21-12-15-4-3-11-25-15/h1-2,5-10,15H,3-4,11-12H2,(H,21,24)(H,22,23). The van der Waals surface area contributed by atoms with Crippen LogP contribution in [-0.4, -0.2) is 31.1 Å². The summed E-state index contributed by atoms with van der Waals surface area (Å²) in [7, 11) is 0. The van der Waals surface area contributed by atoms with Gasteiger partial charge >= 0.3 is 0 Å². The van der Waals surface area contributed by atoms with Gasteiger partial charge in [-0.2, -0.15) is 0 Å². The predicted octanol–water partition coefficient (Wildman–Crippen LogP) is 3.45. The molecule has 1 aliphatic rings. The number of ether oxygens (including phenoxy) is 1. The van der Waals surface area contributed by atoms with Gasteiger partial charge in [0.1, 0.15) is 0 Å². The van der Waals surface area contributed by atoms with Crippen molar-refractivity contribution >= 4 is 40.1 Å². The van der Waals surface area contributed by atoms with E-state index in [0.29, 0.717) is 23.4 Å². The molecule has 2 amide bonds. The lowest BCUT2D eigenvalue weighted by Crippen LogP contribution is -2.32. The van der Waals surface area contributed by atoms with Gasteiger partial charge in [-0.25, -0.2) is 0 Å². The molecule has 6 heteroatoms. The highest BCUT2D eigenvalue weighted by Gasteiger charge is 2.18. The Kier molecular flexibility index (Phi) is 6.04. The molecule has 2 N–H and O–H groups in total. The number of amides is 2. The van der Waals surface area contributed by atoms with Crippen LogP contribution in [0.3, 0.4) is 0 Å². The lowest BCUT2D eigenvalue weighted by atomic mass is 10.1. The molecule has 1 saturated heterocycles. The summed E-state index contributed by atoms with van der Waals surface area (Å²) in [4.78, 5) is 24.9. The Morgan fingerprint density at radius 3 is 2.56 bits per heavy atom. The number of anilines is 1. The molecule has 1 atom stereocenters. The fraction of sp³-hybridized carbons (Fsp3) is 0.263. The highest BCUT2D eigenvalue weighted by atomic mass is 127. The minimum Gasteiger partial charge on any atom is -0.376 e. The van der Waals surface area contributed by atoms with Crippen molar-refractivity contribution in [2.75, 3.05) is 18.5 Å². The van der Waals surface area contributed by atoms with Crippen molar-refractivity contribution in [3.63, 3.8) is 0 Å². The number of hydrogen-bond donors (Lipinski definition) is 2. The third kappa shape index (κ3) is 4.79. The van der Waals surface area contributed by atoms with E-state index < -0.39 is 0 Å². The van der Waals surface area contributed by atoms with Crippen LogP contribution in [0.25, 0.3) is 0 Å². The summed E-state index contributed by atoms with van der Waals surface area (Å²) in [5, 5.41) is 5.71. The average molecular weight is 450 g/mol. The van der Waals surface area contributed by atoms with Gasteiger partial charge in [0, 0.05) is 22.3 Å². The van der Waals surface area contributed by atoms with E-state index in [1.54, 1.807) is 36.4 Å². The molecule has 0 aliphatic carbocycles. The summed E-state index contributed by atoms with van der Waals surface area (Å²) < 4.78 is 6.57. The first-order chi connectivity index (χ1) is 12.1. The van der Waals surface area contributed by atoms with Crippen molar-refractivity contribution < 1.29 is 14.3 Å². The van der Waals surface area contributed by atoms with Gasteiger partial charge in [0.05, 0.1) is 17.4 Å². The molecule has 2 aromatic rings. The number of halogens is 1. The number of carbonyl (C=O) groups is 2. The number of benzene rings is 2. The number of hydrogen-bond acceptors (Lipinski definition) is 3. The van der Waals surface area contributed by atoms with Gasteiger partial charge in [-0.1, -0.05) is 12.1 Å². The molecule has 5 nitrogen and oxygen atoms in total. The maximum atomic E-state index is 12.5. The molecule has 1 heterocycles. The Bertz CT molecular complexity index is 756. The van der Waals surface area contributed by atoms with Gasteiger partial charge in [-0.3, -0.25) is 9.59 Å². The van der Waals surface area contributed by atoms with Crippen LogP contribution in [-0.2, 0) is 4.74 Å². The monoisotopic (exact) mass is 450 g/mol. The lowest BCUT2D eigenvalue weighted by Gasteiger charge is -2.14. The van der Waals surface area contributed by atoms with E-state index in [1.807, 2.05) is 12.1 Å². The summed E-state index contributed by atoms with van der Waals surface area (Å²) >= 11 is 2.19. The molecule has 1 unspecified atom stereocenters. The zero-order chi connectivity index (χ0) is 17.6. The molecule has 0 bridgehead atoms. The quantitative estimate of drug-likeness (QED) is 0.686. The largest absolute Gasteiger partial charge is 0.376 e. The molecular formula is C19H19IN2O3. The molecule has 0 saturated carbocycles. The van der Waals surface area contributed by atoms with E-state index in [4.69, 9.17) is 4.74 Å². The molecule has 130 valence electrons. The minimum absolute atomic E-state index is 0.0810. The zero-order valence-corrected chi connectivity index (χ0v) is 15.8. The van der Waals surface area contributed by atoms with Gasteiger partial charge in [-0.05, 0) is 71.8 Å². The molecule has 0 aromatic heterocycles. The molecule has 2 aromatic carbocycles. The van der Waals surface area contributed by atoms with E-state index >= 15 is 0 Å². The smallest absolute Gasteiger partial charge is 0.255 e. The first-order valence-electron chi connectivity index (χ1n) is 8.19. The van der Waals surface area contributed by atoms with Crippen LogP contribution in [0.2, 0.25) is 0 Å². The first-order valence-corrected chi connectivity index (χ1v) is 9.27. The lowest BCUT2D eigenvalue weighted by molar-refractivity contribution is 0.0858. The third-order valence-corrected chi connectivity index (χ3v) is 4.76. The summed E-state index contributed by atoms with van der Waals surface area (Å²) in [5.74, 6) is -0.454. The molecular weight excluding hydrogens is 431 g/mol. The Hall–Kier alpha value is -1.93. The fourth-order valence-corrected chi connectivity index (χ4v) is 3.05. The minimum atomic E-state index is -0.240. The van der Waals surface area contributed by atoms with Crippen molar-refractivity contribution in [2.24, 2.45) is 0 Å². The highest BCUT2D eigenvalue weighted by molar-refractivity contribution is 14.1. The number of para-hydroxylation sites is 1. The summed E-state index contributed by atoms with van der Waals surface area (Å²) in [6.45, 7) is 1.24. The van der Waals surface area contributed by atoms with Crippen LogP contribution in [0.1, 0.15) is 33.6 Å². The van der Waals surface area contributed by atoms with E-state index in [2.05, 4.69) is 33.2 Å². The Morgan fingerprint density at radius 2 is 1.84 bits per heavy atom. The maximum absolute atomic E-state index is 12.5. The number of nitrogens with one attached hydrogen (secondary N) is 2. The van der Waals surface area contributed by atoms with E-state index in [1.165, 1.54) is 0 Å². The van der Waals surface area contributed by atoms with Gasteiger partial charge in [0.15, 0.2) is 0 Å². The second kappa shape index (κ2) is 8.44. The van der Waals surface area contributed by atoms with Crippen molar-refractivity contribution in [2.45, 2.75) is 18.9 Å². The maximum Gasteiger partial charge on any atom is 0.255 e. The predicted molar refractivity (Wildman–Crippen MR) is 105 cm³/mol. The van der Waals surface area contributed by atoms with Crippen molar-refractivity contribution in [3.8, 4) is 0 Å². The van der Waals surface area contributed by atoms with Crippen LogP contribution in [0.5, 0.6) is 0 Å².